The van der Waals surface area contributed by atoms with Crippen LogP contribution < -0.4 is 5.32 Å². The van der Waals surface area contributed by atoms with Crippen molar-refractivity contribution >= 4 is 34.3 Å². The lowest BCUT2D eigenvalue weighted by Gasteiger charge is -2.27. The van der Waals surface area contributed by atoms with Gasteiger partial charge in [-0.1, -0.05) is 24.3 Å². The van der Waals surface area contributed by atoms with Gasteiger partial charge < -0.3 is 5.32 Å². The summed E-state index contributed by atoms with van der Waals surface area (Å²) in [4.78, 5) is 38.8. The van der Waals surface area contributed by atoms with Crippen molar-refractivity contribution in [3.8, 4) is 0 Å². The molecule has 0 unspecified atom stereocenters. The average Bonchev–Trinajstić information content (AvgIpc) is 3.07. The van der Waals surface area contributed by atoms with Crippen LogP contribution in [0.2, 0.25) is 0 Å². The Kier molecular flexibility index (Phi) is 4.19. The van der Waals surface area contributed by atoms with Crippen LogP contribution in [0.15, 0.2) is 48.7 Å². The molecule has 0 saturated carbocycles. The summed E-state index contributed by atoms with van der Waals surface area (Å²) in [5.41, 5.74) is 1.06. The molecule has 0 aliphatic carbocycles. The van der Waals surface area contributed by atoms with Crippen LogP contribution in [0.3, 0.4) is 0 Å². The number of aryl methyl sites for hydroxylation is 1. The Balaban J connectivity index is 1.45. The summed E-state index contributed by atoms with van der Waals surface area (Å²) in [6.07, 6.45) is 2.31. The zero-order chi connectivity index (χ0) is 19.0. The molecule has 136 valence electrons. The Morgan fingerprint density at radius 2 is 1.70 bits per heavy atom. The van der Waals surface area contributed by atoms with Gasteiger partial charge in [-0.3, -0.25) is 24.0 Å². The van der Waals surface area contributed by atoms with Crippen LogP contribution in [0.5, 0.6) is 0 Å². The molecule has 1 N–H and O–H groups in total. The highest BCUT2D eigenvalue weighted by atomic mass is 16.2. The van der Waals surface area contributed by atoms with Gasteiger partial charge in [0.15, 0.2) is 5.82 Å². The van der Waals surface area contributed by atoms with Gasteiger partial charge in [0.05, 0.1) is 0 Å². The zero-order valence-electron chi connectivity index (χ0n) is 14.8. The van der Waals surface area contributed by atoms with Gasteiger partial charge in [0, 0.05) is 48.8 Å². The molecule has 7 heteroatoms. The average molecular weight is 362 g/mol. The van der Waals surface area contributed by atoms with Crippen LogP contribution in [0.1, 0.15) is 33.6 Å². The maximum absolute atomic E-state index is 12.8. The molecule has 7 nitrogen and oxygen atoms in total. The van der Waals surface area contributed by atoms with Crippen LogP contribution >= 0.6 is 0 Å². The fourth-order valence-corrected chi connectivity index (χ4v) is 3.37. The fraction of sp³-hybridized carbons (Fsp3) is 0.200. The van der Waals surface area contributed by atoms with Crippen molar-refractivity contribution in [3.63, 3.8) is 0 Å². The molecule has 0 spiro atoms. The van der Waals surface area contributed by atoms with Gasteiger partial charge in [0.1, 0.15) is 0 Å². The lowest BCUT2D eigenvalue weighted by atomic mass is 9.94. The monoisotopic (exact) mass is 362 g/mol. The van der Waals surface area contributed by atoms with E-state index in [0.29, 0.717) is 28.8 Å². The number of carbonyl (C=O) groups is 3. The summed E-state index contributed by atoms with van der Waals surface area (Å²) in [5.74, 6) is -0.342. The van der Waals surface area contributed by atoms with Crippen molar-refractivity contribution in [1.29, 1.82) is 0 Å². The molecule has 0 saturated heterocycles. The first kappa shape index (κ1) is 17.0. The van der Waals surface area contributed by atoms with E-state index in [9.17, 15) is 14.4 Å². The number of anilines is 1. The number of hydrogen-bond acceptors (Lipinski definition) is 4. The number of rotatable bonds is 5. The fourth-order valence-electron chi connectivity index (χ4n) is 3.37. The minimum absolute atomic E-state index is 0.192. The lowest BCUT2D eigenvalue weighted by molar-refractivity contribution is -0.116. The number of hydrogen-bond donors (Lipinski definition) is 1. The van der Waals surface area contributed by atoms with Crippen molar-refractivity contribution < 1.29 is 14.4 Å². The van der Waals surface area contributed by atoms with E-state index in [4.69, 9.17) is 0 Å². The van der Waals surface area contributed by atoms with Gasteiger partial charge in [-0.05, 0) is 23.9 Å². The van der Waals surface area contributed by atoms with Gasteiger partial charge in [-0.25, -0.2) is 0 Å². The normalized spacial score (nSPS) is 13.3. The SMILES string of the molecule is Cn1ccc(NC(=O)CCCN2C(=O)c3cccc4cccc(c34)C2=O)n1. The Labute approximate surface area is 155 Å². The molecule has 1 aromatic heterocycles. The zero-order valence-corrected chi connectivity index (χ0v) is 14.8. The highest BCUT2D eigenvalue weighted by Crippen LogP contribution is 2.30. The summed E-state index contributed by atoms with van der Waals surface area (Å²) in [5, 5.41) is 8.36. The van der Waals surface area contributed by atoms with E-state index in [1.54, 1.807) is 36.1 Å². The van der Waals surface area contributed by atoms with Crippen molar-refractivity contribution in [2.24, 2.45) is 7.05 Å². The second kappa shape index (κ2) is 6.68. The first-order valence-corrected chi connectivity index (χ1v) is 8.72. The maximum atomic E-state index is 12.8. The van der Waals surface area contributed by atoms with Crippen molar-refractivity contribution in [1.82, 2.24) is 14.7 Å². The topological polar surface area (TPSA) is 84.3 Å². The molecule has 2 aromatic carbocycles. The molecular weight excluding hydrogens is 344 g/mol. The largest absolute Gasteiger partial charge is 0.309 e. The minimum Gasteiger partial charge on any atom is -0.309 e. The number of nitrogens with zero attached hydrogens (tertiary/aromatic N) is 3. The van der Waals surface area contributed by atoms with Crippen LogP contribution in [-0.4, -0.2) is 38.9 Å². The molecular formula is C20H18N4O3. The van der Waals surface area contributed by atoms with Crippen LogP contribution in [0.4, 0.5) is 5.82 Å². The van der Waals surface area contributed by atoms with Crippen molar-refractivity contribution in [2.45, 2.75) is 12.8 Å². The van der Waals surface area contributed by atoms with Crippen LogP contribution in [-0.2, 0) is 11.8 Å². The van der Waals surface area contributed by atoms with E-state index >= 15 is 0 Å². The predicted molar refractivity (Wildman–Crippen MR) is 100 cm³/mol. The third kappa shape index (κ3) is 3.08. The number of benzene rings is 2. The molecule has 0 bridgehead atoms. The molecule has 1 aliphatic heterocycles. The van der Waals surface area contributed by atoms with E-state index in [2.05, 4.69) is 10.4 Å². The summed E-state index contributed by atoms with van der Waals surface area (Å²) in [6.45, 7) is 0.192. The van der Waals surface area contributed by atoms with Gasteiger partial charge in [0.2, 0.25) is 5.91 Å². The van der Waals surface area contributed by atoms with E-state index in [1.165, 1.54) is 4.90 Å². The number of nitrogens with one attached hydrogen (secondary N) is 1. The summed E-state index contributed by atoms with van der Waals surface area (Å²) >= 11 is 0. The molecule has 0 fully saturated rings. The van der Waals surface area contributed by atoms with E-state index in [-0.39, 0.29) is 30.7 Å². The van der Waals surface area contributed by atoms with Gasteiger partial charge in [-0.15, -0.1) is 0 Å². The molecule has 0 atom stereocenters. The minimum atomic E-state index is -0.311. The Hall–Kier alpha value is -3.48. The Bertz CT molecular complexity index is 1020. The summed E-state index contributed by atoms with van der Waals surface area (Å²) < 4.78 is 1.60. The standard InChI is InChI=1S/C20H18N4O3/c1-23-12-10-16(22-23)21-17(25)9-4-11-24-19(26)14-7-2-5-13-6-3-8-15(18(13)14)20(24)27/h2-3,5-8,10,12H,4,9,11H2,1H3,(H,21,22,25). The quantitative estimate of drug-likeness (QED) is 0.707. The molecule has 2 heterocycles. The molecule has 0 radical (unpaired) electrons. The second-order valence-electron chi connectivity index (χ2n) is 6.50. The number of imide groups is 1. The van der Waals surface area contributed by atoms with E-state index < -0.39 is 0 Å². The maximum Gasteiger partial charge on any atom is 0.261 e. The smallest absolute Gasteiger partial charge is 0.261 e. The second-order valence-corrected chi connectivity index (χ2v) is 6.50. The highest BCUT2D eigenvalue weighted by molar-refractivity contribution is 6.25. The van der Waals surface area contributed by atoms with Crippen LogP contribution in [0, 0.1) is 0 Å². The Morgan fingerprint density at radius 1 is 1.04 bits per heavy atom. The highest BCUT2D eigenvalue weighted by Gasteiger charge is 2.32. The number of aromatic nitrogens is 2. The van der Waals surface area contributed by atoms with E-state index in [1.807, 2.05) is 24.3 Å². The van der Waals surface area contributed by atoms with E-state index in [0.717, 1.165) is 5.39 Å². The third-order valence-corrected chi connectivity index (χ3v) is 4.62. The molecule has 27 heavy (non-hydrogen) atoms. The van der Waals surface area contributed by atoms with Gasteiger partial charge in [-0.2, -0.15) is 5.10 Å². The van der Waals surface area contributed by atoms with Gasteiger partial charge in [0.25, 0.3) is 11.8 Å². The van der Waals surface area contributed by atoms with Crippen molar-refractivity contribution in [2.75, 3.05) is 11.9 Å². The first-order valence-electron chi connectivity index (χ1n) is 8.72. The summed E-state index contributed by atoms with van der Waals surface area (Å²) in [6, 6.07) is 12.6. The molecule has 3 aromatic rings. The predicted octanol–water partition coefficient (Wildman–Crippen LogP) is 2.59. The third-order valence-electron chi connectivity index (χ3n) is 4.62. The first-order chi connectivity index (χ1) is 13.0. The Morgan fingerprint density at radius 3 is 2.30 bits per heavy atom. The number of carbonyl (C=O) groups excluding carboxylic acids is 3. The van der Waals surface area contributed by atoms with Crippen molar-refractivity contribution in [3.05, 3.63) is 59.8 Å². The molecule has 1 aliphatic rings. The summed E-state index contributed by atoms with van der Waals surface area (Å²) in [7, 11) is 1.77. The van der Waals surface area contributed by atoms with Crippen LogP contribution in [0.25, 0.3) is 10.8 Å². The lowest BCUT2D eigenvalue weighted by Crippen LogP contribution is -2.41. The number of amides is 3. The molecule has 4 rings (SSSR count). The van der Waals surface area contributed by atoms with Gasteiger partial charge >= 0.3 is 0 Å². The molecule has 3 amide bonds.